The fourth-order valence-corrected chi connectivity index (χ4v) is 1.72. The third kappa shape index (κ3) is 3.39. The fraction of sp³-hybridized carbons (Fsp3) is 0.545. The molecule has 0 aromatic rings. The maximum Gasteiger partial charge on any atom is 0.0871 e. The molecule has 0 fully saturated rings. The summed E-state index contributed by atoms with van der Waals surface area (Å²) in [5.41, 5.74) is 0. The van der Waals surface area contributed by atoms with Crippen LogP contribution in [0.1, 0.15) is 13.8 Å². The van der Waals surface area contributed by atoms with E-state index in [9.17, 15) is 0 Å². The van der Waals surface area contributed by atoms with Gasteiger partial charge in [-0.1, -0.05) is 41.9 Å². The molecule has 0 saturated heterocycles. The van der Waals surface area contributed by atoms with Gasteiger partial charge in [-0.15, -0.1) is 0 Å². The number of allylic oxidation sites excluding steroid dienone is 2. The van der Waals surface area contributed by atoms with Gasteiger partial charge in [-0.3, -0.25) is 0 Å². The number of hydrogen-bond acceptors (Lipinski definition) is 2. The van der Waals surface area contributed by atoms with E-state index in [1.165, 1.54) is 6.21 Å². The zero-order chi connectivity index (χ0) is 10.6. The van der Waals surface area contributed by atoms with Gasteiger partial charge in [-0.2, -0.15) is 0 Å². The molecule has 3 heteroatoms. The Bertz CT molecular complexity index is 258. The molecule has 0 aliphatic heterocycles. The predicted octanol–water partition coefficient (Wildman–Crippen LogP) is 3.14. The van der Waals surface area contributed by atoms with Crippen LogP contribution in [0, 0.1) is 17.2 Å². The van der Waals surface area contributed by atoms with E-state index in [1.54, 1.807) is 0 Å². The Kier molecular flexibility index (Phi) is 4.55. The monoisotopic (exact) mass is 257 g/mol. The van der Waals surface area contributed by atoms with Crippen molar-refractivity contribution < 1.29 is 4.74 Å². The lowest BCUT2D eigenvalue weighted by Gasteiger charge is -2.22. The van der Waals surface area contributed by atoms with Crippen molar-refractivity contribution in [1.29, 1.82) is 5.41 Å². The van der Waals surface area contributed by atoms with Crippen LogP contribution in [0.15, 0.2) is 22.7 Å². The predicted molar refractivity (Wildman–Crippen MR) is 63.0 cm³/mol. The van der Waals surface area contributed by atoms with Crippen LogP contribution in [0.5, 0.6) is 0 Å². The van der Waals surface area contributed by atoms with Crippen LogP contribution in [0.2, 0.25) is 0 Å². The first-order valence-electron chi connectivity index (χ1n) is 4.81. The Morgan fingerprint density at radius 3 is 2.93 bits per heavy atom. The van der Waals surface area contributed by atoms with Crippen LogP contribution in [0.25, 0.3) is 0 Å². The van der Waals surface area contributed by atoms with Crippen molar-refractivity contribution in [1.82, 2.24) is 0 Å². The van der Waals surface area contributed by atoms with Crippen molar-refractivity contribution in [2.75, 3.05) is 6.61 Å². The molecular weight excluding hydrogens is 242 g/mol. The van der Waals surface area contributed by atoms with Crippen LogP contribution in [-0.4, -0.2) is 18.9 Å². The molecule has 0 radical (unpaired) electrons. The maximum absolute atomic E-state index is 7.30. The summed E-state index contributed by atoms with van der Waals surface area (Å²) in [6.45, 7) is 4.99. The van der Waals surface area contributed by atoms with E-state index < -0.39 is 0 Å². The summed E-state index contributed by atoms with van der Waals surface area (Å²) < 4.78 is 6.72. The number of ether oxygens (including phenoxy) is 1. The van der Waals surface area contributed by atoms with Gasteiger partial charge in [-0.05, 0) is 12.0 Å². The van der Waals surface area contributed by atoms with Gasteiger partial charge in [-0.25, -0.2) is 0 Å². The smallest absolute Gasteiger partial charge is 0.0871 e. The molecular formula is C11H16BrNO. The highest BCUT2D eigenvalue weighted by Crippen LogP contribution is 2.22. The van der Waals surface area contributed by atoms with Crippen molar-refractivity contribution in [3.8, 4) is 0 Å². The fourth-order valence-electron chi connectivity index (χ4n) is 1.26. The van der Waals surface area contributed by atoms with Crippen LogP contribution in [0.3, 0.4) is 0 Å². The van der Waals surface area contributed by atoms with Gasteiger partial charge in [0.1, 0.15) is 0 Å². The second-order valence-corrected chi connectivity index (χ2v) is 4.76. The van der Waals surface area contributed by atoms with Crippen molar-refractivity contribution in [3.05, 3.63) is 22.7 Å². The lowest BCUT2D eigenvalue weighted by molar-refractivity contribution is 0.0545. The van der Waals surface area contributed by atoms with Gasteiger partial charge in [0.05, 0.1) is 6.10 Å². The SMILES string of the molecule is CC(C)COC1C=CC(Br)=CC1C=N. The highest BCUT2D eigenvalue weighted by molar-refractivity contribution is 9.11. The Morgan fingerprint density at radius 1 is 1.64 bits per heavy atom. The summed E-state index contributed by atoms with van der Waals surface area (Å²) >= 11 is 3.39. The number of hydrogen-bond donors (Lipinski definition) is 1. The minimum absolute atomic E-state index is 0.0243. The second kappa shape index (κ2) is 5.47. The molecule has 0 amide bonds. The molecule has 14 heavy (non-hydrogen) atoms. The molecule has 1 aliphatic rings. The van der Waals surface area contributed by atoms with Crippen LogP contribution in [0.4, 0.5) is 0 Å². The zero-order valence-corrected chi connectivity index (χ0v) is 10.1. The molecule has 0 saturated carbocycles. The van der Waals surface area contributed by atoms with E-state index in [-0.39, 0.29) is 12.0 Å². The number of nitrogens with one attached hydrogen (secondary N) is 1. The van der Waals surface area contributed by atoms with Crippen molar-refractivity contribution in [2.45, 2.75) is 20.0 Å². The molecule has 2 unspecified atom stereocenters. The normalized spacial score (nSPS) is 26.4. The Balaban J connectivity index is 2.53. The van der Waals surface area contributed by atoms with E-state index in [0.717, 1.165) is 11.1 Å². The molecule has 0 bridgehead atoms. The molecule has 78 valence electrons. The molecule has 2 atom stereocenters. The lowest BCUT2D eigenvalue weighted by Crippen LogP contribution is -2.25. The lowest BCUT2D eigenvalue weighted by atomic mass is 9.99. The van der Waals surface area contributed by atoms with E-state index in [4.69, 9.17) is 10.1 Å². The highest BCUT2D eigenvalue weighted by atomic mass is 79.9. The molecule has 0 aromatic carbocycles. The Hall–Kier alpha value is -0.410. The van der Waals surface area contributed by atoms with Crippen LogP contribution < -0.4 is 0 Å². The first kappa shape index (κ1) is 11.7. The zero-order valence-electron chi connectivity index (χ0n) is 8.53. The molecule has 0 spiro atoms. The first-order valence-corrected chi connectivity index (χ1v) is 5.60. The largest absolute Gasteiger partial charge is 0.373 e. The van der Waals surface area contributed by atoms with E-state index in [2.05, 4.69) is 29.8 Å². The van der Waals surface area contributed by atoms with Crippen molar-refractivity contribution in [2.24, 2.45) is 11.8 Å². The maximum atomic E-state index is 7.30. The summed E-state index contributed by atoms with van der Waals surface area (Å²) in [5.74, 6) is 0.595. The van der Waals surface area contributed by atoms with E-state index in [1.807, 2.05) is 18.2 Å². The van der Waals surface area contributed by atoms with Crippen LogP contribution >= 0.6 is 15.9 Å². The van der Waals surface area contributed by atoms with Gasteiger partial charge in [0.15, 0.2) is 0 Å². The first-order chi connectivity index (χ1) is 6.63. The summed E-state index contributed by atoms with van der Waals surface area (Å²) in [4.78, 5) is 0. The second-order valence-electron chi connectivity index (χ2n) is 3.85. The minimum Gasteiger partial charge on any atom is -0.373 e. The van der Waals surface area contributed by atoms with Gasteiger partial charge in [0.25, 0.3) is 0 Å². The number of rotatable bonds is 4. The summed E-state index contributed by atoms with van der Waals surface area (Å²) in [6, 6.07) is 0. The van der Waals surface area contributed by atoms with E-state index >= 15 is 0 Å². The third-order valence-electron chi connectivity index (χ3n) is 1.99. The minimum atomic E-state index is 0.0243. The molecule has 1 N–H and O–H groups in total. The van der Waals surface area contributed by atoms with Gasteiger partial charge < -0.3 is 10.1 Å². The standard InChI is InChI=1S/C11H16BrNO/c1-8(2)7-14-11-4-3-10(12)5-9(11)6-13/h3-6,8-9,11,13H,7H2,1-2H3. The molecule has 1 aliphatic carbocycles. The van der Waals surface area contributed by atoms with Gasteiger partial charge in [0.2, 0.25) is 0 Å². The quantitative estimate of drug-likeness (QED) is 0.772. The third-order valence-corrected chi connectivity index (χ3v) is 2.52. The molecule has 1 rings (SSSR count). The Labute approximate surface area is 93.7 Å². The summed E-state index contributed by atoms with van der Waals surface area (Å²) in [7, 11) is 0. The van der Waals surface area contributed by atoms with E-state index in [0.29, 0.717) is 5.92 Å². The van der Waals surface area contributed by atoms with Crippen molar-refractivity contribution >= 4 is 22.1 Å². The molecule has 0 aromatic heterocycles. The van der Waals surface area contributed by atoms with Gasteiger partial charge >= 0.3 is 0 Å². The summed E-state index contributed by atoms with van der Waals surface area (Å²) in [6.07, 6.45) is 7.43. The number of halogens is 1. The topological polar surface area (TPSA) is 33.1 Å². The highest BCUT2D eigenvalue weighted by Gasteiger charge is 2.19. The average molecular weight is 258 g/mol. The van der Waals surface area contributed by atoms with Crippen molar-refractivity contribution in [3.63, 3.8) is 0 Å². The average Bonchev–Trinajstić information content (AvgIpc) is 2.15. The van der Waals surface area contributed by atoms with Crippen LogP contribution in [-0.2, 0) is 4.74 Å². The molecule has 0 heterocycles. The molecule has 2 nitrogen and oxygen atoms in total. The summed E-state index contributed by atoms with van der Waals surface area (Å²) in [5, 5.41) is 7.30. The Morgan fingerprint density at radius 2 is 2.36 bits per heavy atom. The van der Waals surface area contributed by atoms with Gasteiger partial charge in [0, 0.05) is 23.2 Å².